The first kappa shape index (κ1) is 13.6. The molecule has 0 aromatic heterocycles. The van der Waals surface area contributed by atoms with Crippen molar-refractivity contribution in [1.29, 1.82) is 5.26 Å². The number of rotatable bonds is 4. The van der Waals surface area contributed by atoms with Crippen LogP contribution < -0.4 is 4.90 Å². The lowest BCUT2D eigenvalue weighted by molar-refractivity contribution is -0.117. The van der Waals surface area contributed by atoms with Gasteiger partial charge in [-0.05, 0) is 24.3 Å². The van der Waals surface area contributed by atoms with E-state index < -0.39 is 0 Å². The number of hydrogen-bond acceptors (Lipinski definition) is 3. The first-order valence-corrected chi connectivity index (χ1v) is 6.32. The van der Waals surface area contributed by atoms with Crippen molar-refractivity contribution < 1.29 is 4.79 Å². The van der Waals surface area contributed by atoms with E-state index >= 15 is 0 Å². The molecule has 1 rings (SSSR count). The molecule has 0 unspecified atom stereocenters. The van der Waals surface area contributed by atoms with Gasteiger partial charge >= 0.3 is 0 Å². The number of carbonyl (C=O) groups excluding carboxylic acids is 1. The van der Waals surface area contributed by atoms with E-state index in [-0.39, 0.29) is 12.3 Å². The lowest BCUT2D eigenvalue weighted by Crippen LogP contribution is -2.25. The topological polar surface area (TPSA) is 44.1 Å². The number of amides is 1. The Hall–Kier alpha value is -1.47. The third-order valence-electron chi connectivity index (χ3n) is 2.20. The minimum absolute atomic E-state index is 0.0843. The lowest BCUT2D eigenvalue weighted by atomic mass is 10.3. The highest BCUT2D eigenvalue weighted by Gasteiger charge is 2.10. The van der Waals surface area contributed by atoms with Crippen LogP contribution in [0.3, 0.4) is 0 Å². The van der Waals surface area contributed by atoms with Crippen LogP contribution in [-0.4, -0.2) is 18.2 Å². The minimum Gasteiger partial charge on any atom is -0.315 e. The van der Waals surface area contributed by atoms with Gasteiger partial charge in [-0.25, -0.2) is 0 Å². The molecular formula is C13H16N2OS. The van der Waals surface area contributed by atoms with E-state index in [9.17, 15) is 4.79 Å². The highest BCUT2D eigenvalue weighted by molar-refractivity contribution is 7.99. The van der Waals surface area contributed by atoms with E-state index in [0.29, 0.717) is 5.25 Å². The Morgan fingerprint density at radius 3 is 2.47 bits per heavy atom. The zero-order chi connectivity index (χ0) is 12.8. The van der Waals surface area contributed by atoms with Gasteiger partial charge in [0.2, 0.25) is 5.91 Å². The smallest absolute Gasteiger partial charge is 0.240 e. The van der Waals surface area contributed by atoms with Crippen LogP contribution in [0.4, 0.5) is 5.69 Å². The SMILES string of the molecule is CC(C)Sc1ccc(N(C)C(=O)CC#N)cc1. The van der Waals surface area contributed by atoms with Crippen molar-refractivity contribution in [1.82, 2.24) is 0 Å². The molecule has 3 nitrogen and oxygen atoms in total. The Kier molecular flexibility index (Phi) is 5.05. The van der Waals surface area contributed by atoms with Crippen molar-refractivity contribution in [3.63, 3.8) is 0 Å². The largest absolute Gasteiger partial charge is 0.315 e. The van der Waals surface area contributed by atoms with Crippen molar-refractivity contribution in [2.24, 2.45) is 0 Å². The molecule has 0 aliphatic rings. The molecule has 0 saturated heterocycles. The molecule has 90 valence electrons. The number of thioether (sulfide) groups is 1. The number of hydrogen-bond donors (Lipinski definition) is 0. The highest BCUT2D eigenvalue weighted by atomic mass is 32.2. The van der Waals surface area contributed by atoms with E-state index in [1.807, 2.05) is 30.3 Å². The number of anilines is 1. The zero-order valence-corrected chi connectivity index (χ0v) is 11.1. The summed E-state index contributed by atoms with van der Waals surface area (Å²) < 4.78 is 0. The molecule has 17 heavy (non-hydrogen) atoms. The molecule has 0 heterocycles. The summed E-state index contributed by atoms with van der Waals surface area (Å²) in [6.45, 7) is 4.28. The number of nitrogens with zero attached hydrogens (tertiary/aromatic N) is 2. The summed E-state index contributed by atoms with van der Waals surface area (Å²) in [6, 6.07) is 9.66. The fourth-order valence-corrected chi connectivity index (χ4v) is 2.19. The molecule has 1 aromatic rings. The van der Waals surface area contributed by atoms with E-state index in [1.54, 1.807) is 18.8 Å². The average Bonchev–Trinajstić information content (AvgIpc) is 2.28. The summed E-state index contributed by atoms with van der Waals surface area (Å²) in [5.41, 5.74) is 0.818. The number of benzene rings is 1. The molecule has 1 aromatic carbocycles. The van der Waals surface area contributed by atoms with Crippen molar-refractivity contribution in [2.75, 3.05) is 11.9 Å². The van der Waals surface area contributed by atoms with Gasteiger partial charge in [-0.15, -0.1) is 11.8 Å². The van der Waals surface area contributed by atoms with E-state index in [1.165, 1.54) is 9.80 Å². The number of carbonyl (C=O) groups is 1. The van der Waals surface area contributed by atoms with Crippen LogP contribution in [0.1, 0.15) is 20.3 Å². The highest BCUT2D eigenvalue weighted by Crippen LogP contribution is 2.25. The fraction of sp³-hybridized carbons (Fsp3) is 0.385. The molecule has 0 N–H and O–H groups in total. The van der Waals surface area contributed by atoms with Gasteiger partial charge in [-0.2, -0.15) is 5.26 Å². The summed E-state index contributed by atoms with van der Waals surface area (Å²) in [5, 5.41) is 9.02. The fourth-order valence-electron chi connectivity index (χ4n) is 1.35. The van der Waals surface area contributed by atoms with Gasteiger partial charge in [0.15, 0.2) is 0 Å². The summed E-state index contributed by atoms with van der Waals surface area (Å²) >= 11 is 1.78. The summed E-state index contributed by atoms with van der Waals surface area (Å²) in [5.74, 6) is -0.184. The van der Waals surface area contributed by atoms with E-state index in [4.69, 9.17) is 5.26 Å². The van der Waals surface area contributed by atoms with Crippen LogP contribution in [0.2, 0.25) is 0 Å². The standard InChI is InChI=1S/C13H16N2OS/c1-10(2)17-12-6-4-11(5-7-12)15(3)13(16)8-9-14/h4-7,10H,8H2,1-3H3. The maximum atomic E-state index is 11.5. The zero-order valence-electron chi connectivity index (χ0n) is 10.3. The molecule has 0 radical (unpaired) electrons. The molecule has 0 aliphatic carbocycles. The van der Waals surface area contributed by atoms with Gasteiger partial charge in [0.05, 0.1) is 6.07 Å². The minimum atomic E-state index is -0.184. The van der Waals surface area contributed by atoms with Gasteiger partial charge in [0.25, 0.3) is 0 Å². The van der Waals surface area contributed by atoms with Crippen LogP contribution in [0.5, 0.6) is 0 Å². The Morgan fingerprint density at radius 2 is 2.00 bits per heavy atom. The second-order valence-corrected chi connectivity index (χ2v) is 5.60. The maximum Gasteiger partial charge on any atom is 0.240 e. The predicted molar refractivity (Wildman–Crippen MR) is 71.1 cm³/mol. The molecule has 0 aliphatic heterocycles. The Labute approximate surface area is 106 Å². The maximum absolute atomic E-state index is 11.5. The van der Waals surface area contributed by atoms with Crippen molar-refractivity contribution >= 4 is 23.4 Å². The summed E-state index contributed by atoms with van der Waals surface area (Å²) in [7, 11) is 1.68. The van der Waals surface area contributed by atoms with Crippen LogP contribution in [0.25, 0.3) is 0 Å². The van der Waals surface area contributed by atoms with E-state index in [0.717, 1.165) is 5.69 Å². The molecule has 0 bridgehead atoms. The Bertz CT molecular complexity index is 420. The van der Waals surface area contributed by atoms with Crippen LogP contribution in [0, 0.1) is 11.3 Å². The summed E-state index contributed by atoms with van der Waals surface area (Å²) in [4.78, 5) is 14.2. The molecule has 1 amide bonds. The first-order valence-electron chi connectivity index (χ1n) is 5.45. The molecule has 0 atom stereocenters. The quantitative estimate of drug-likeness (QED) is 0.769. The molecule has 0 saturated carbocycles. The van der Waals surface area contributed by atoms with Gasteiger partial charge in [-0.3, -0.25) is 4.79 Å². The van der Waals surface area contributed by atoms with Crippen molar-refractivity contribution in [3.8, 4) is 6.07 Å². The number of nitriles is 1. The monoisotopic (exact) mass is 248 g/mol. The first-order chi connectivity index (χ1) is 8.04. The second-order valence-electron chi connectivity index (χ2n) is 3.95. The lowest BCUT2D eigenvalue weighted by Gasteiger charge is -2.16. The predicted octanol–water partition coefficient (Wildman–Crippen LogP) is 3.06. The average molecular weight is 248 g/mol. The molecule has 0 fully saturated rings. The van der Waals surface area contributed by atoms with Gasteiger partial charge in [0.1, 0.15) is 6.42 Å². The van der Waals surface area contributed by atoms with Crippen molar-refractivity contribution in [2.45, 2.75) is 30.4 Å². The normalized spacial score (nSPS) is 10.1. The van der Waals surface area contributed by atoms with Crippen LogP contribution in [-0.2, 0) is 4.79 Å². The van der Waals surface area contributed by atoms with Crippen LogP contribution >= 0.6 is 11.8 Å². The van der Waals surface area contributed by atoms with Gasteiger partial charge in [-0.1, -0.05) is 13.8 Å². The molecule has 4 heteroatoms. The third-order valence-corrected chi connectivity index (χ3v) is 3.22. The van der Waals surface area contributed by atoms with Gasteiger partial charge in [0, 0.05) is 22.9 Å². The van der Waals surface area contributed by atoms with Crippen LogP contribution in [0.15, 0.2) is 29.2 Å². The Morgan fingerprint density at radius 1 is 1.41 bits per heavy atom. The third kappa shape index (κ3) is 4.12. The van der Waals surface area contributed by atoms with E-state index in [2.05, 4.69) is 13.8 Å². The second kappa shape index (κ2) is 6.31. The van der Waals surface area contributed by atoms with Gasteiger partial charge < -0.3 is 4.90 Å². The Balaban J connectivity index is 2.74. The van der Waals surface area contributed by atoms with Crippen molar-refractivity contribution in [3.05, 3.63) is 24.3 Å². The summed E-state index contributed by atoms with van der Waals surface area (Å²) in [6.07, 6.45) is -0.0843. The molecular weight excluding hydrogens is 232 g/mol. The molecule has 0 spiro atoms.